The first-order chi connectivity index (χ1) is 8.08. The second-order valence-electron chi connectivity index (χ2n) is 4.60. The minimum atomic E-state index is 0.175. The summed E-state index contributed by atoms with van der Waals surface area (Å²) in [7, 11) is 0. The molecule has 0 saturated heterocycles. The second-order valence-corrected chi connectivity index (χ2v) is 4.60. The third-order valence-corrected chi connectivity index (χ3v) is 2.26. The van der Waals surface area contributed by atoms with E-state index in [4.69, 9.17) is 15.2 Å². The Morgan fingerprint density at radius 2 is 1.94 bits per heavy atom. The third-order valence-electron chi connectivity index (χ3n) is 2.26. The molecule has 1 unspecified atom stereocenters. The summed E-state index contributed by atoms with van der Waals surface area (Å²) in [5.41, 5.74) is 6.98. The van der Waals surface area contributed by atoms with E-state index in [2.05, 4.69) is 6.07 Å². The van der Waals surface area contributed by atoms with Crippen LogP contribution in [0.15, 0.2) is 24.3 Å². The van der Waals surface area contributed by atoms with E-state index in [1.807, 2.05) is 39.0 Å². The van der Waals surface area contributed by atoms with Crippen molar-refractivity contribution in [1.29, 1.82) is 0 Å². The fourth-order valence-electron chi connectivity index (χ4n) is 1.58. The van der Waals surface area contributed by atoms with E-state index in [0.29, 0.717) is 13.2 Å². The van der Waals surface area contributed by atoms with Crippen LogP contribution in [0.3, 0.4) is 0 Å². The quantitative estimate of drug-likeness (QED) is 0.740. The topological polar surface area (TPSA) is 44.5 Å². The van der Waals surface area contributed by atoms with Crippen molar-refractivity contribution in [3.8, 4) is 5.75 Å². The summed E-state index contributed by atoms with van der Waals surface area (Å²) < 4.78 is 11.0. The lowest BCUT2D eigenvalue weighted by Crippen LogP contribution is -2.17. The van der Waals surface area contributed by atoms with Gasteiger partial charge >= 0.3 is 0 Å². The predicted octanol–water partition coefficient (Wildman–Crippen LogP) is 2.38. The lowest BCUT2D eigenvalue weighted by atomic mass is 10.1. The average molecular weight is 237 g/mol. The minimum Gasteiger partial charge on any atom is -0.491 e. The van der Waals surface area contributed by atoms with E-state index in [1.165, 1.54) is 5.56 Å². The molecule has 3 nitrogen and oxygen atoms in total. The van der Waals surface area contributed by atoms with Crippen LogP contribution < -0.4 is 10.5 Å². The van der Waals surface area contributed by atoms with Gasteiger partial charge in [0.2, 0.25) is 0 Å². The Hall–Kier alpha value is -1.06. The molecule has 2 N–H and O–H groups in total. The zero-order valence-electron chi connectivity index (χ0n) is 11.0. The summed E-state index contributed by atoms with van der Waals surface area (Å²) >= 11 is 0. The van der Waals surface area contributed by atoms with Crippen molar-refractivity contribution in [2.45, 2.75) is 39.3 Å². The summed E-state index contributed by atoms with van der Waals surface area (Å²) in [5, 5.41) is 0. The summed E-state index contributed by atoms with van der Waals surface area (Å²) in [5.74, 6) is 0.885. The van der Waals surface area contributed by atoms with E-state index >= 15 is 0 Å². The van der Waals surface area contributed by atoms with Gasteiger partial charge in [0.25, 0.3) is 0 Å². The lowest BCUT2D eigenvalue weighted by Gasteiger charge is -2.11. The van der Waals surface area contributed by atoms with E-state index in [1.54, 1.807) is 0 Å². The highest BCUT2D eigenvalue weighted by molar-refractivity contribution is 5.28. The Morgan fingerprint density at radius 1 is 1.18 bits per heavy atom. The molecule has 1 aromatic rings. The summed E-state index contributed by atoms with van der Waals surface area (Å²) in [6, 6.07) is 8.24. The van der Waals surface area contributed by atoms with Crippen LogP contribution in [0.4, 0.5) is 0 Å². The molecule has 0 bridgehead atoms. The van der Waals surface area contributed by atoms with Crippen molar-refractivity contribution in [1.82, 2.24) is 0 Å². The number of hydrogen-bond donors (Lipinski definition) is 1. The van der Waals surface area contributed by atoms with Crippen LogP contribution in [-0.2, 0) is 11.2 Å². The number of ether oxygens (including phenoxy) is 2. The highest BCUT2D eigenvalue weighted by Crippen LogP contribution is 2.14. The molecule has 0 heterocycles. The number of rotatable bonds is 7. The molecule has 0 spiro atoms. The predicted molar refractivity (Wildman–Crippen MR) is 70.4 cm³/mol. The molecule has 3 heteroatoms. The summed E-state index contributed by atoms with van der Waals surface area (Å²) in [6.45, 7) is 7.24. The third kappa shape index (κ3) is 6.29. The van der Waals surface area contributed by atoms with Crippen LogP contribution in [0.2, 0.25) is 0 Å². The molecular weight excluding hydrogens is 214 g/mol. The van der Waals surface area contributed by atoms with Gasteiger partial charge in [-0.25, -0.2) is 0 Å². The van der Waals surface area contributed by atoms with Gasteiger partial charge in [-0.2, -0.15) is 0 Å². The van der Waals surface area contributed by atoms with Gasteiger partial charge < -0.3 is 15.2 Å². The molecule has 0 aromatic heterocycles. The highest BCUT2D eigenvalue weighted by Gasteiger charge is 2.00. The largest absolute Gasteiger partial charge is 0.491 e. The molecule has 1 aromatic carbocycles. The number of hydrogen-bond acceptors (Lipinski definition) is 3. The molecule has 1 rings (SSSR count). The number of nitrogens with two attached hydrogens (primary N) is 1. The second kappa shape index (κ2) is 7.30. The van der Waals surface area contributed by atoms with Crippen LogP contribution in [0.5, 0.6) is 5.75 Å². The Labute approximate surface area is 104 Å². The van der Waals surface area contributed by atoms with Crippen LogP contribution in [0.25, 0.3) is 0 Å². The molecule has 0 aliphatic heterocycles. The van der Waals surface area contributed by atoms with Gasteiger partial charge in [0.15, 0.2) is 0 Å². The number of benzene rings is 1. The molecule has 0 radical (unpaired) electrons. The van der Waals surface area contributed by atoms with E-state index in [0.717, 1.165) is 12.2 Å². The van der Waals surface area contributed by atoms with E-state index in [-0.39, 0.29) is 12.1 Å². The van der Waals surface area contributed by atoms with Gasteiger partial charge in [0.1, 0.15) is 12.4 Å². The van der Waals surface area contributed by atoms with Gasteiger partial charge in [-0.05, 0) is 44.9 Å². The molecule has 0 saturated carbocycles. The Kier molecular flexibility index (Phi) is 6.01. The highest BCUT2D eigenvalue weighted by atomic mass is 16.5. The first-order valence-corrected chi connectivity index (χ1v) is 6.17. The molecule has 96 valence electrons. The molecule has 0 aliphatic rings. The van der Waals surface area contributed by atoms with Crippen molar-refractivity contribution in [2.75, 3.05) is 13.2 Å². The molecule has 0 aliphatic carbocycles. The van der Waals surface area contributed by atoms with Crippen molar-refractivity contribution in [3.05, 3.63) is 29.8 Å². The summed E-state index contributed by atoms with van der Waals surface area (Å²) in [6.07, 6.45) is 1.13. The SMILES string of the molecule is CC(N)Cc1cccc(OCCOC(C)C)c1. The molecule has 0 amide bonds. The van der Waals surface area contributed by atoms with Gasteiger partial charge in [-0.15, -0.1) is 0 Å². The normalized spacial score (nSPS) is 12.8. The Bertz CT molecular complexity index is 324. The van der Waals surface area contributed by atoms with Gasteiger partial charge in [0, 0.05) is 6.04 Å². The molecule has 1 atom stereocenters. The van der Waals surface area contributed by atoms with E-state index < -0.39 is 0 Å². The maximum atomic E-state index is 5.77. The van der Waals surface area contributed by atoms with E-state index in [9.17, 15) is 0 Å². The van der Waals surface area contributed by atoms with Crippen molar-refractivity contribution in [2.24, 2.45) is 5.73 Å². The van der Waals surface area contributed by atoms with Crippen molar-refractivity contribution in [3.63, 3.8) is 0 Å². The van der Waals surface area contributed by atoms with Crippen LogP contribution in [0.1, 0.15) is 26.3 Å². The molecular formula is C14H23NO2. The van der Waals surface area contributed by atoms with Gasteiger partial charge in [-0.1, -0.05) is 12.1 Å². The maximum Gasteiger partial charge on any atom is 0.119 e. The first kappa shape index (κ1) is 14.0. The Balaban J connectivity index is 2.37. The average Bonchev–Trinajstić information content (AvgIpc) is 2.24. The zero-order chi connectivity index (χ0) is 12.7. The first-order valence-electron chi connectivity index (χ1n) is 6.17. The fraction of sp³-hybridized carbons (Fsp3) is 0.571. The van der Waals surface area contributed by atoms with Crippen LogP contribution in [0, 0.1) is 0 Å². The van der Waals surface area contributed by atoms with Crippen molar-refractivity contribution < 1.29 is 9.47 Å². The van der Waals surface area contributed by atoms with Gasteiger partial charge in [-0.3, -0.25) is 0 Å². The Morgan fingerprint density at radius 3 is 2.59 bits per heavy atom. The molecule has 0 fully saturated rings. The minimum absolute atomic E-state index is 0.175. The lowest BCUT2D eigenvalue weighted by molar-refractivity contribution is 0.0552. The zero-order valence-corrected chi connectivity index (χ0v) is 11.0. The standard InChI is InChI=1S/C14H23NO2/c1-11(2)16-7-8-17-14-6-4-5-13(10-14)9-12(3)15/h4-6,10-12H,7-9,15H2,1-3H3. The summed E-state index contributed by atoms with van der Waals surface area (Å²) in [4.78, 5) is 0. The monoisotopic (exact) mass is 237 g/mol. The van der Waals surface area contributed by atoms with Crippen LogP contribution in [-0.4, -0.2) is 25.4 Å². The van der Waals surface area contributed by atoms with Crippen LogP contribution >= 0.6 is 0 Å². The van der Waals surface area contributed by atoms with Gasteiger partial charge in [0.05, 0.1) is 12.7 Å². The maximum absolute atomic E-state index is 5.77. The fourth-order valence-corrected chi connectivity index (χ4v) is 1.58. The smallest absolute Gasteiger partial charge is 0.119 e. The molecule has 17 heavy (non-hydrogen) atoms. The van der Waals surface area contributed by atoms with Crippen molar-refractivity contribution >= 4 is 0 Å².